The minimum absolute atomic E-state index is 0.0883. The third kappa shape index (κ3) is 7.33. The molecule has 0 aliphatic heterocycles. The first-order valence-corrected chi connectivity index (χ1v) is 19.6. The lowest BCUT2D eigenvalue weighted by Gasteiger charge is -2.17. The molecule has 0 unspecified atom stereocenters. The average Bonchev–Trinajstić information content (AvgIpc) is 3.61. The predicted molar refractivity (Wildman–Crippen MR) is 240 cm³/mol. The van der Waals surface area contributed by atoms with Crippen molar-refractivity contribution in [3.63, 3.8) is 0 Å². The number of nitrogens with zero attached hydrogens (tertiary/aromatic N) is 5. The molecule has 0 aliphatic rings. The van der Waals surface area contributed by atoms with Gasteiger partial charge in [-0.25, -0.2) is 19.9 Å². The Morgan fingerprint density at radius 3 is 1.22 bits per heavy atom. The van der Waals surface area contributed by atoms with Gasteiger partial charge in [0.25, 0.3) is 0 Å². The number of aromatic nitrogens is 5. The van der Waals surface area contributed by atoms with E-state index in [1.54, 1.807) is 24.8 Å². The summed E-state index contributed by atoms with van der Waals surface area (Å²) in [7, 11) is 0. The normalized spacial score (nSPS) is 11.1. The first kappa shape index (κ1) is 35.6. The standard InChI is InChI=1S/C50H35B2N5O2/c1-3-14-36(15-4-1)51(38-18-11-20-42(32-38)58-48-22-7-9-28-53-48)40-24-26-44-45-27-25-41(35-47(45)57(46(44)34-40)50-55-30-13-31-56-50)52(37-16-5-2-6-17-37)39-19-12-21-43(33-39)59-49-23-8-10-29-54-49/h1-35H. The summed E-state index contributed by atoms with van der Waals surface area (Å²) >= 11 is 0. The van der Waals surface area contributed by atoms with Crippen LogP contribution in [-0.2, 0) is 0 Å². The second kappa shape index (κ2) is 16.0. The molecular formula is C50H35B2N5O2. The van der Waals surface area contributed by atoms with Gasteiger partial charge in [-0.3, -0.25) is 4.57 Å². The van der Waals surface area contributed by atoms with Gasteiger partial charge in [-0.2, -0.15) is 0 Å². The van der Waals surface area contributed by atoms with E-state index in [9.17, 15) is 0 Å². The first-order valence-electron chi connectivity index (χ1n) is 19.6. The average molecular weight is 759 g/mol. The van der Waals surface area contributed by atoms with Crippen molar-refractivity contribution in [2.75, 3.05) is 0 Å². The number of rotatable bonds is 11. The Hall–Kier alpha value is -7.77. The van der Waals surface area contributed by atoms with Gasteiger partial charge in [-0.1, -0.05) is 154 Å². The summed E-state index contributed by atoms with van der Waals surface area (Å²) in [6.45, 7) is -0.177. The molecule has 278 valence electrons. The van der Waals surface area contributed by atoms with Gasteiger partial charge in [0.2, 0.25) is 31.1 Å². The van der Waals surface area contributed by atoms with Gasteiger partial charge < -0.3 is 9.47 Å². The molecule has 0 N–H and O–H groups in total. The van der Waals surface area contributed by atoms with Gasteiger partial charge in [0.15, 0.2) is 0 Å². The number of ether oxygens (including phenoxy) is 2. The highest BCUT2D eigenvalue weighted by atomic mass is 16.5. The van der Waals surface area contributed by atoms with E-state index in [1.807, 2.05) is 66.7 Å². The van der Waals surface area contributed by atoms with E-state index in [-0.39, 0.29) is 13.4 Å². The van der Waals surface area contributed by atoms with Gasteiger partial charge in [-0.15, -0.1) is 0 Å². The quantitative estimate of drug-likeness (QED) is 0.133. The van der Waals surface area contributed by atoms with E-state index >= 15 is 0 Å². The number of pyridine rings is 2. The van der Waals surface area contributed by atoms with E-state index in [2.05, 4.69) is 136 Å². The van der Waals surface area contributed by atoms with Crippen LogP contribution in [0.25, 0.3) is 27.8 Å². The second-order valence-electron chi connectivity index (χ2n) is 14.3. The molecule has 7 nitrogen and oxygen atoms in total. The molecule has 0 saturated heterocycles. The van der Waals surface area contributed by atoms with Crippen molar-refractivity contribution in [2.45, 2.75) is 0 Å². The molecule has 6 aromatic carbocycles. The second-order valence-corrected chi connectivity index (χ2v) is 14.3. The Labute approximate surface area is 342 Å². The molecule has 9 heteroatoms. The van der Waals surface area contributed by atoms with Crippen LogP contribution in [0.5, 0.6) is 23.3 Å². The number of fused-ring (bicyclic) bond motifs is 3. The van der Waals surface area contributed by atoms with Gasteiger partial charge in [0.1, 0.15) is 11.5 Å². The number of hydrogen-bond donors (Lipinski definition) is 0. The maximum atomic E-state index is 6.21. The van der Waals surface area contributed by atoms with Crippen molar-refractivity contribution in [1.29, 1.82) is 0 Å². The van der Waals surface area contributed by atoms with Gasteiger partial charge in [0.05, 0.1) is 11.0 Å². The molecule has 0 atom stereocenters. The van der Waals surface area contributed by atoms with Crippen LogP contribution < -0.4 is 42.3 Å². The Morgan fingerprint density at radius 1 is 0.339 bits per heavy atom. The topological polar surface area (TPSA) is 75.0 Å². The molecule has 4 aromatic heterocycles. The fourth-order valence-corrected chi connectivity index (χ4v) is 8.05. The van der Waals surface area contributed by atoms with Crippen LogP contribution in [0.15, 0.2) is 213 Å². The van der Waals surface area contributed by atoms with Crippen LogP contribution in [0.3, 0.4) is 0 Å². The highest BCUT2D eigenvalue weighted by Crippen LogP contribution is 2.30. The van der Waals surface area contributed by atoms with Crippen LogP contribution in [-0.4, -0.2) is 37.9 Å². The van der Waals surface area contributed by atoms with Crippen molar-refractivity contribution in [3.05, 3.63) is 213 Å². The van der Waals surface area contributed by atoms with Crippen LogP contribution in [0.4, 0.5) is 0 Å². The highest BCUT2D eigenvalue weighted by molar-refractivity contribution is 6.96. The van der Waals surface area contributed by atoms with E-state index in [4.69, 9.17) is 19.4 Å². The van der Waals surface area contributed by atoms with Crippen molar-refractivity contribution in [3.8, 4) is 29.2 Å². The summed E-state index contributed by atoms with van der Waals surface area (Å²) in [6, 6.07) is 64.5. The zero-order chi connectivity index (χ0) is 39.4. The third-order valence-electron chi connectivity index (χ3n) is 10.6. The van der Waals surface area contributed by atoms with Gasteiger partial charge in [-0.05, 0) is 54.6 Å². The van der Waals surface area contributed by atoms with Crippen LogP contribution in [0, 0.1) is 0 Å². The monoisotopic (exact) mass is 759 g/mol. The van der Waals surface area contributed by atoms with E-state index in [0.717, 1.165) is 55.2 Å². The lowest BCUT2D eigenvalue weighted by Crippen LogP contribution is -2.52. The minimum atomic E-state index is -0.0883. The lowest BCUT2D eigenvalue weighted by molar-refractivity contribution is 0.463. The Bertz CT molecular complexity index is 2820. The molecule has 0 fully saturated rings. The van der Waals surface area contributed by atoms with Crippen molar-refractivity contribution in [2.24, 2.45) is 0 Å². The van der Waals surface area contributed by atoms with Crippen molar-refractivity contribution in [1.82, 2.24) is 24.5 Å². The molecule has 10 aromatic rings. The molecule has 0 radical (unpaired) electrons. The van der Waals surface area contributed by atoms with Gasteiger partial charge >= 0.3 is 0 Å². The maximum absolute atomic E-state index is 6.21. The lowest BCUT2D eigenvalue weighted by atomic mass is 9.37. The smallest absolute Gasteiger partial charge is 0.241 e. The predicted octanol–water partition coefficient (Wildman–Crippen LogP) is 6.98. The zero-order valence-corrected chi connectivity index (χ0v) is 31.9. The molecule has 10 rings (SSSR count). The first-order chi connectivity index (χ1) is 29.2. The van der Waals surface area contributed by atoms with Crippen LogP contribution >= 0.6 is 0 Å². The maximum Gasteiger partial charge on any atom is 0.241 e. The minimum Gasteiger partial charge on any atom is -0.439 e. The summed E-state index contributed by atoms with van der Waals surface area (Å²) in [4.78, 5) is 18.4. The summed E-state index contributed by atoms with van der Waals surface area (Å²) in [5.74, 6) is 3.16. The number of hydrogen-bond acceptors (Lipinski definition) is 6. The summed E-state index contributed by atoms with van der Waals surface area (Å²) in [5, 5.41) is 2.23. The molecular weight excluding hydrogens is 724 g/mol. The largest absolute Gasteiger partial charge is 0.439 e. The molecule has 0 bridgehead atoms. The van der Waals surface area contributed by atoms with Crippen molar-refractivity contribution >= 4 is 68.0 Å². The third-order valence-corrected chi connectivity index (χ3v) is 10.6. The summed E-state index contributed by atoms with van der Waals surface area (Å²) in [6.07, 6.45) is 7.07. The summed E-state index contributed by atoms with van der Waals surface area (Å²) in [5.41, 5.74) is 8.84. The zero-order valence-electron chi connectivity index (χ0n) is 31.9. The van der Waals surface area contributed by atoms with Crippen LogP contribution in [0.1, 0.15) is 0 Å². The molecule has 59 heavy (non-hydrogen) atoms. The van der Waals surface area contributed by atoms with E-state index in [0.29, 0.717) is 17.7 Å². The molecule has 0 aliphatic carbocycles. The summed E-state index contributed by atoms with van der Waals surface area (Å²) < 4.78 is 14.6. The molecule has 4 heterocycles. The SMILES string of the molecule is c1ccc(B(c2cccc(Oc3ccccn3)c2)c2ccc3c4ccc(B(c5ccccc5)c5cccc(Oc6ccccn6)c5)cc4n(-c4ncccn4)c3c2)cc1. The van der Waals surface area contributed by atoms with Gasteiger partial charge in [0, 0.05) is 47.7 Å². The fraction of sp³-hybridized carbons (Fsp3) is 0. The highest BCUT2D eigenvalue weighted by Gasteiger charge is 2.27. The Kier molecular flexibility index (Phi) is 9.66. The molecule has 0 spiro atoms. The number of benzene rings is 6. The van der Waals surface area contributed by atoms with E-state index < -0.39 is 0 Å². The van der Waals surface area contributed by atoms with Crippen molar-refractivity contribution < 1.29 is 9.47 Å². The Morgan fingerprint density at radius 2 is 0.763 bits per heavy atom. The molecule has 0 saturated carbocycles. The van der Waals surface area contributed by atoms with E-state index in [1.165, 1.54) is 10.9 Å². The molecule has 0 amide bonds. The Balaban J connectivity index is 1.13. The fourth-order valence-electron chi connectivity index (χ4n) is 8.05. The van der Waals surface area contributed by atoms with Crippen LogP contribution in [0.2, 0.25) is 0 Å².